The molecular weight excluding hydrogens is 330 g/mol. The summed E-state index contributed by atoms with van der Waals surface area (Å²) >= 11 is 5.83. The lowest BCUT2D eigenvalue weighted by atomic mass is 10.2. The van der Waals surface area contributed by atoms with E-state index >= 15 is 0 Å². The van der Waals surface area contributed by atoms with E-state index in [1.165, 1.54) is 7.11 Å². The third-order valence-electron chi connectivity index (χ3n) is 3.33. The third-order valence-corrected chi connectivity index (χ3v) is 3.58. The molecule has 0 saturated heterocycles. The second-order valence-electron chi connectivity index (χ2n) is 5.03. The molecule has 0 bridgehead atoms. The number of amides is 1. The van der Waals surface area contributed by atoms with E-state index in [1.54, 1.807) is 48.5 Å². The first-order valence-corrected chi connectivity index (χ1v) is 7.82. The van der Waals surface area contributed by atoms with Gasteiger partial charge in [-0.05, 0) is 55.0 Å². The van der Waals surface area contributed by atoms with Gasteiger partial charge in [-0.3, -0.25) is 4.79 Å². The summed E-state index contributed by atoms with van der Waals surface area (Å²) in [5, 5.41) is 3.37. The van der Waals surface area contributed by atoms with Gasteiger partial charge >= 0.3 is 5.97 Å². The summed E-state index contributed by atoms with van der Waals surface area (Å²) in [5.41, 5.74) is 0.991. The van der Waals surface area contributed by atoms with Gasteiger partial charge in [-0.2, -0.15) is 0 Å². The lowest BCUT2D eigenvalue weighted by molar-refractivity contribution is -0.122. The molecule has 0 aliphatic rings. The number of nitrogens with one attached hydrogen (secondary N) is 1. The molecule has 1 N–H and O–H groups in total. The molecule has 0 radical (unpaired) electrons. The van der Waals surface area contributed by atoms with Gasteiger partial charge in [0.25, 0.3) is 5.91 Å². The van der Waals surface area contributed by atoms with Crippen LogP contribution in [0.3, 0.4) is 0 Å². The van der Waals surface area contributed by atoms with Gasteiger partial charge < -0.3 is 14.8 Å². The van der Waals surface area contributed by atoms with Crippen molar-refractivity contribution < 1.29 is 19.1 Å². The predicted molar refractivity (Wildman–Crippen MR) is 92.6 cm³/mol. The van der Waals surface area contributed by atoms with Crippen molar-refractivity contribution in [1.82, 2.24) is 0 Å². The summed E-state index contributed by atoms with van der Waals surface area (Å²) in [6, 6.07) is 13.3. The minimum atomic E-state index is -0.633. The van der Waals surface area contributed by atoms with Crippen LogP contribution in [0.5, 0.6) is 5.75 Å². The van der Waals surface area contributed by atoms with Crippen molar-refractivity contribution in [3.8, 4) is 5.75 Å². The molecule has 1 amide bonds. The molecular formula is C18H18ClNO4. The van der Waals surface area contributed by atoms with E-state index in [0.717, 1.165) is 0 Å². The maximum absolute atomic E-state index is 12.3. The van der Waals surface area contributed by atoms with Crippen molar-refractivity contribution in [3.63, 3.8) is 0 Å². The molecule has 0 unspecified atom stereocenters. The molecule has 126 valence electrons. The maximum Gasteiger partial charge on any atom is 0.337 e. The van der Waals surface area contributed by atoms with Crippen molar-refractivity contribution in [3.05, 3.63) is 59.1 Å². The molecule has 2 rings (SSSR count). The van der Waals surface area contributed by atoms with Gasteiger partial charge in [0, 0.05) is 10.7 Å². The van der Waals surface area contributed by atoms with Crippen molar-refractivity contribution in [2.24, 2.45) is 0 Å². The Bertz CT molecular complexity index is 698. The van der Waals surface area contributed by atoms with Gasteiger partial charge in [-0.25, -0.2) is 4.79 Å². The summed E-state index contributed by atoms with van der Waals surface area (Å²) in [6.07, 6.45) is -0.124. The van der Waals surface area contributed by atoms with Crippen LogP contribution < -0.4 is 10.1 Å². The van der Waals surface area contributed by atoms with Gasteiger partial charge in [-0.15, -0.1) is 0 Å². The lowest BCUT2D eigenvalue weighted by Gasteiger charge is -2.17. The highest BCUT2D eigenvalue weighted by Crippen LogP contribution is 2.18. The number of carbonyl (C=O) groups excluding carboxylic acids is 2. The Hall–Kier alpha value is -2.53. The maximum atomic E-state index is 12.3. The number of esters is 1. The number of carbonyl (C=O) groups is 2. The molecule has 0 spiro atoms. The second-order valence-corrected chi connectivity index (χ2v) is 5.46. The summed E-state index contributed by atoms with van der Waals surface area (Å²) < 4.78 is 10.3. The van der Waals surface area contributed by atoms with Crippen LogP contribution in [0.15, 0.2) is 48.5 Å². The first kappa shape index (κ1) is 17.8. The standard InChI is InChI=1S/C18H18ClNO4/c1-3-16(24-15-10-6-13(19)7-11-15)17(21)20-14-8-4-12(5-9-14)18(22)23-2/h4-11,16H,3H2,1-2H3,(H,20,21)/t16-/m0/s1. The van der Waals surface area contributed by atoms with Crippen molar-refractivity contribution >= 4 is 29.2 Å². The number of halogens is 1. The fourth-order valence-electron chi connectivity index (χ4n) is 2.03. The lowest BCUT2D eigenvalue weighted by Crippen LogP contribution is -2.32. The van der Waals surface area contributed by atoms with Crippen molar-refractivity contribution in [2.45, 2.75) is 19.4 Å². The van der Waals surface area contributed by atoms with Crippen LogP contribution in [0.25, 0.3) is 0 Å². The highest BCUT2D eigenvalue weighted by atomic mass is 35.5. The fraction of sp³-hybridized carbons (Fsp3) is 0.222. The van der Waals surface area contributed by atoms with E-state index in [1.807, 2.05) is 6.92 Å². The average molecular weight is 348 g/mol. The second kappa shape index (κ2) is 8.36. The van der Waals surface area contributed by atoms with Crippen molar-refractivity contribution in [2.75, 3.05) is 12.4 Å². The molecule has 2 aromatic rings. The SMILES string of the molecule is CC[C@H](Oc1ccc(Cl)cc1)C(=O)Nc1ccc(C(=O)OC)cc1. The zero-order valence-corrected chi connectivity index (χ0v) is 14.2. The Morgan fingerprint density at radius 2 is 1.71 bits per heavy atom. The number of ether oxygens (including phenoxy) is 2. The van der Waals surface area contributed by atoms with E-state index in [4.69, 9.17) is 16.3 Å². The predicted octanol–water partition coefficient (Wildman–Crippen LogP) is 3.92. The molecule has 0 aliphatic heterocycles. The third kappa shape index (κ3) is 4.73. The number of hydrogen-bond donors (Lipinski definition) is 1. The van der Waals surface area contributed by atoms with E-state index in [0.29, 0.717) is 28.4 Å². The van der Waals surface area contributed by atoms with Crippen LogP contribution in [-0.4, -0.2) is 25.1 Å². The Labute approximate surface area is 145 Å². The number of methoxy groups -OCH3 is 1. The van der Waals surface area contributed by atoms with Crippen LogP contribution in [0.1, 0.15) is 23.7 Å². The topological polar surface area (TPSA) is 64.6 Å². The summed E-state index contributed by atoms with van der Waals surface area (Å²) in [7, 11) is 1.32. The minimum absolute atomic E-state index is 0.265. The number of benzene rings is 2. The van der Waals surface area contributed by atoms with E-state index in [2.05, 4.69) is 10.1 Å². The smallest absolute Gasteiger partial charge is 0.337 e. The highest BCUT2D eigenvalue weighted by Gasteiger charge is 2.18. The van der Waals surface area contributed by atoms with Gasteiger partial charge in [0.15, 0.2) is 6.10 Å². The molecule has 0 aliphatic carbocycles. The summed E-state index contributed by atoms with van der Waals surface area (Å²) in [6.45, 7) is 1.86. The molecule has 0 aromatic heterocycles. The summed E-state index contributed by atoms with van der Waals surface area (Å²) in [5.74, 6) is -0.119. The quantitative estimate of drug-likeness (QED) is 0.804. The van der Waals surface area contributed by atoms with Gasteiger partial charge in [0.1, 0.15) is 5.75 Å². The van der Waals surface area contributed by atoms with Crippen LogP contribution in [0, 0.1) is 0 Å². The van der Waals surface area contributed by atoms with Crippen LogP contribution in [0.2, 0.25) is 5.02 Å². The molecule has 0 heterocycles. The molecule has 24 heavy (non-hydrogen) atoms. The van der Waals surface area contributed by atoms with E-state index < -0.39 is 12.1 Å². The van der Waals surface area contributed by atoms with Gasteiger partial charge in [0.05, 0.1) is 12.7 Å². The molecule has 1 atom stereocenters. The molecule has 0 saturated carbocycles. The Morgan fingerprint density at radius 3 is 2.25 bits per heavy atom. The average Bonchev–Trinajstić information content (AvgIpc) is 2.61. The summed E-state index contributed by atoms with van der Waals surface area (Å²) in [4.78, 5) is 23.7. The van der Waals surface area contributed by atoms with Gasteiger partial charge in [0.2, 0.25) is 0 Å². The zero-order chi connectivity index (χ0) is 17.5. The van der Waals surface area contributed by atoms with Gasteiger partial charge in [-0.1, -0.05) is 18.5 Å². The zero-order valence-electron chi connectivity index (χ0n) is 13.4. The van der Waals surface area contributed by atoms with E-state index in [9.17, 15) is 9.59 Å². The van der Waals surface area contributed by atoms with Crippen LogP contribution >= 0.6 is 11.6 Å². The van der Waals surface area contributed by atoms with Crippen LogP contribution in [0.4, 0.5) is 5.69 Å². The number of hydrogen-bond acceptors (Lipinski definition) is 4. The first-order valence-electron chi connectivity index (χ1n) is 7.45. The molecule has 6 heteroatoms. The molecule has 0 fully saturated rings. The normalized spacial score (nSPS) is 11.5. The highest BCUT2D eigenvalue weighted by molar-refractivity contribution is 6.30. The largest absolute Gasteiger partial charge is 0.481 e. The van der Waals surface area contributed by atoms with E-state index in [-0.39, 0.29) is 5.91 Å². The monoisotopic (exact) mass is 347 g/mol. The van der Waals surface area contributed by atoms with Crippen LogP contribution in [-0.2, 0) is 9.53 Å². The Morgan fingerprint density at radius 1 is 1.08 bits per heavy atom. The Kier molecular flexibility index (Phi) is 6.21. The first-order chi connectivity index (χ1) is 11.5. The molecule has 5 nitrogen and oxygen atoms in total. The fourth-order valence-corrected chi connectivity index (χ4v) is 2.16. The molecule has 2 aromatic carbocycles. The number of anilines is 1. The minimum Gasteiger partial charge on any atom is -0.481 e. The van der Waals surface area contributed by atoms with Crippen molar-refractivity contribution in [1.29, 1.82) is 0 Å². The Balaban J connectivity index is 2.00. The number of rotatable bonds is 6.